The van der Waals surface area contributed by atoms with Gasteiger partial charge in [-0.2, -0.15) is 0 Å². The van der Waals surface area contributed by atoms with Gasteiger partial charge < -0.3 is 14.6 Å². The first kappa shape index (κ1) is 30.2. The van der Waals surface area contributed by atoms with E-state index in [9.17, 15) is 0 Å². The van der Waals surface area contributed by atoms with Crippen LogP contribution in [0.2, 0.25) is 10.1 Å². The maximum atomic E-state index is 16.7. The van der Waals surface area contributed by atoms with Crippen LogP contribution in [0.15, 0.2) is 91.3 Å². The van der Waals surface area contributed by atoms with Crippen molar-refractivity contribution in [2.45, 2.75) is 38.8 Å². The van der Waals surface area contributed by atoms with Gasteiger partial charge in [-0.25, -0.2) is 18.7 Å². The number of halogens is 3. The first-order chi connectivity index (χ1) is 21.1. The van der Waals surface area contributed by atoms with Crippen molar-refractivity contribution in [2.24, 2.45) is 0 Å². The van der Waals surface area contributed by atoms with Gasteiger partial charge in [0, 0.05) is 36.6 Å². The van der Waals surface area contributed by atoms with Gasteiger partial charge in [0.2, 0.25) is 0 Å². The summed E-state index contributed by atoms with van der Waals surface area (Å²) in [5.41, 5.74) is -0.0245. The van der Waals surface area contributed by atoms with Crippen LogP contribution >= 0.6 is 11.6 Å². The van der Waals surface area contributed by atoms with Crippen molar-refractivity contribution < 1.29 is 13.2 Å². The predicted octanol–water partition coefficient (Wildman–Crippen LogP) is 6.97. The highest BCUT2D eigenvalue weighted by atomic mass is 35.5. The quantitative estimate of drug-likeness (QED) is 0.206. The molecule has 1 N–H and O–H groups in total. The third kappa shape index (κ3) is 5.15. The Morgan fingerprint density at radius 1 is 0.909 bits per heavy atom. The molecular formula is C35H35ClF2N4OSi. The Hall–Kier alpha value is -3.85. The van der Waals surface area contributed by atoms with E-state index < -0.39 is 25.0 Å². The van der Waals surface area contributed by atoms with Crippen LogP contribution in [-0.2, 0) is 0 Å². The fourth-order valence-electron chi connectivity index (χ4n) is 6.38. The lowest BCUT2D eigenvalue weighted by atomic mass is 10.0. The monoisotopic (exact) mass is 628 g/mol. The van der Waals surface area contributed by atoms with E-state index in [0.29, 0.717) is 17.7 Å². The highest BCUT2D eigenvalue weighted by molar-refractivity contribution is 7.00. The molecule has 6 rings (SSSR count). The van der Waals surface area contributed by atoms with Crippen LogP contribution < -0.4 is 25.0 Å². The first-order valence-corrected chi connectivity index (χ1v) is 17.1. The van der Waals surface area contributed by atoms with Gasteiger partial charge in [0.1, 0.15) is 29.2 Å². The van der Waals surface area contributed by atoms with E-state index >= 15 is 8.78 Å². The van der Waals surface area contributed by atoms with E-state index in [4.69, 9.17) is 16.0 Å². The van der Waals surface area contributed by atoms with Crippen LogP contribution in [-0.4, -0.2) is 44.0 Å². The highest BCUT2D eigenvalue weighted by Gasteiger charge is 2.52. The fourth-order valence-corrected chi connectivity index (χ4v) is 11.1. The maximum Gasteiger partial charge on any atom is 0.319 e. The normalized spacial score (nSPS) is 15.9. The molecule has 9 heteroatoms. The number of rotatable bonds is 6. The largest absolute Gasteiger partial charge is 0.533 e. The molecule has 0 saturated carbocycles. The lowest BCUT2D eigenvalue weighted by molar-refractivity contribution is 0.498. The molecule has 0 amide bonds. The van der Waals surface area contributed by atoms with Gasteiger partial charge in [0.05, 0.1) is 10.6 Å². The molecule has 226 valence electrons. The molecule has 0 bridgehead atoms. The van der Waals surface area contributed by atoms with Gasteiger partial charge in [-0.1, -0.05) is 99.1 Å². The van der Waals surface area contributed by atoms with Gasteiger partial charge in [-0.3, -0.25) is 0 Å². The second-order valence-electron chi connectivity index (χ2n) is 12.3. The van der Waals surface area contributed by atoms with Gasteiger partial charge >= 0.3 is 8.32 Å². The van der Waals surface area contributed by atoms with E-state index in [1.54, 1.807) is 18.2 Å². The smallest absolute Gasteiger partial charge is 0.319 e. The van der Waals surface area contributed by atoms with Crippen molar-refractivity contribution in [3.05, 3.63) is 108 Å². The minimum absolute atomic E-state index is 0.0272. The second kappa shape index (κ2) is 11.9. The highest BCUT2D eigenvalue weighted by Crippen LogP contribution is 2.45. The summed E-state index contributed by atoms with van der Waals surface area (Å²) in [5, 5.41) is 5.54. The van der Waals surface area contributed by atoms with Crippen molar-refractivity contribution in [3.8, 4) is 16.9 Å². The third-order valence-corrected chi connectivity index (χ3v) is 13.7. The molecule has 0 unspecified atom stereocenters. The summed E-state index contributed by atoms with van der Waals surface area (Å²) in [6, 6.07) is 26.5. The van der Waals surface area contributed by atoms with Gasteiger partial charge in [-0.15, -0.1) is 0 Å². The number of nitrogens with one attached hydrogen (secondary N) is 1. The molecule has 0 aliphatic carbocycles. The zero-order valence-corrected chi connectivity index (χ0v) is 27.0. The van der Waals surface area contributed by atoms with Crippen molar-refractivity contribution in [1.82, 2.24) is 15.3 Å². The topological polar surface area (TPSA) is 50.3 Å². The molecule has 5 nitrogen and oxygen atoms in total. The van der Waals surface area contributed by atoms with Crippen molar-refractivity contribution in [2.75, 3.05) is 24.5 Å². The van der Waals surface area contributed by atoms with Crippen LogP contribution in [0.3, 0.4) is 0 Å². The summed E-state index contributed by atoms with van der Waals surface area (Å²) < 4.78 is 40.0. The molecule has 2 heterocycles. The summed E-state index contributed by atoms with van der Waals surface area (Å²) >= 11 is 6.89. The van der Waals surface area contributed by atoms with E-state index in [2.05, 4.69) is 72.1 Å². The molecule has 4 aromatic carbocycles. The summed E-state index contributed by atoms with van der Waals surface area (Å²) in [5.74, 6) is -0.514. The summed E-state index contributed by atoms with van der Waals surface area (Å²) in [6.45, 7) is 10.8. The molecule has 5 aromatic rings. The predicted molar refractivity (Wildman–Crippen MR) is 178 cm³/mol. The Labute approximate surface area is 263 Å². The standard InChI is InChI=1S/C35H35ClF2N4OSi/c1-23-21-39-18-19-42(23)34-26-20-27(36)30(32(38)33(26)40-22-41-34)31-28(37)16-11-17-29(31)43-44(35(2,3)4,24-12-7-5-8-13-24)25-14-9-6-10-15-25/h5-17,20,22-23,39H,18-19,21H2,1-4H3/t23-/m0/s1. The van der Waals surface area contributed by atoms with E-state index in [-0.39, 0.29) is 33.5 Å². The van der Waals surface area contributed by atoms with Crippen LogP contribution in [0.25, 0.3) is 22.0 Å². The first-order valence-electron chi connectivity index (χ1n) is 14.8. The minimum atomic E-state index is -3.18. The molecule has 1 aliphatic heterocycles. The van der Waals surface area contributed by atoms with Gasteiger partial charge in [0.15, 0.2) is 5.82 Å². The number of hydrogen-bond donors (Lipinski definition) is 1. The molecule has 0 radical (unpaired) electrons. The number of hydrogen-bond acceptors (Lipinski definition) is 5. The van der Waals surface area contributed by atoms with Crippen molar-refractivity contribution in [1.29, 1.82) is 0 Å². The summed E-state index contributed by atoms with van der Waals surface area (Å²) in [4.78, 5) is 10.9. The number of piperazine rings is 1. The Bertz CT molecular complexity index is 1760. The lowest BCUT2D eigenvalue weighted by Gasteiger charge is -2.43. The fraction of sp³-hybridized carbons (Fsp3) is 0.257. The minimum Gasteiger partial charge on any atom is -0.533 e. The van der Waals surface area contributed by atoms with E-state index in [1.165, 1.54) is 12.4 Å². The zero-order chi connectivity index (χ0) is 31.1. The van der Waals surface area contributed by atoms with Crippen LogP contribution in [0.4, 0.5) is 14.6 Å². The van der Waals surface area contributed by atoms with Crippen LogP contribution in [0.5, 0.6) is 5.75 Å². The molecule has 44 heavy (non-hydrogen) atoms. The summed E-state index contributed by atoms with van der Waals surface area (Å²) in [7, 11) is -3.18. The molecule has 1 atom stereocenters. The third-order valence-electron chi connectivity index (χ3n) is 8.48. The average Bonchev–Trinajstić information content (AvgIpc) is 3.01. The average molecular weight is 629 g/mol. The molecule has 1 saturated heterocycles. The molecule has 1 fully saturated rings. The maximum absolute atomic E-state index is 16.7. The molecule has 1 aromatic heterocycles. The lowest BCUT2D eigenvalue weighted by Crippen LogP contribution is -2.68. The summed E-state index contributed by atoms with van der Waals surface area (Å²) in [6.07, 6.45) is 1.36. The Balaban J connectivity index is 1.58. The van der Waals surface area contributed by atoms with Gasteiger partial charge in [0.25, 0.3) is 0 Å². The van der Waals surface area contributed by atoms with E-state index in [1.807, 2.05) is 36.4 Å². The molecular weight excluding hydrogens is 594 g/mol. The second-order valence-corrected chi connectivity index (χ2v) is 16.9. The van der Waals surface area contributed by atoms with E-state index in [0.717, 1.165) is 23.5 Å². The van der Waals surface area contributed by atoms with Crippen molar-refractivity contribution in [3.63, 3.8) is 0 Å². The number of aromatic nitrogens is 2. The van der Waals surface area contributed by atoms with Crippen molar-refractivity contribution >= 4 is 47.0 Å². The SMILES string of the molecule is C[C@H]1CNCCN1c1ncnc2c(F)c(-c3c(F)cccc3O[Si](c3ccccc3)(c3ccccc3)C(C)(C)C)c(Cl)cc12. The van der Waals surface area contributed by atoms with Gasteiger partial charge in [-0.05, 0) is 40.5 Å². The number of anilines is 1. The number of benzene rings is 4. The van der Waals surface area contributed by atoms with Crippen LogP contribution in [0, 0.1) is 11.6 Å². The molecule has 0 spiro atoms. The van der Waals surface area contributed by atoms with Crippen LogP contribution in [0.1, 0.15) is 27.7 Å². The number of fused-ring (bicyclic) bond motifs is 1. The Morgan fingerprint density at radius 3 is 2.18 bits per heavy atom. The Kier molecular flexibility index (Phi) is 8.17. The molecule has 1 aliphatic rings. The number of nitrogens with zero attached hydrogens (tertiary/aromatic N) is 3. The Morgan fingerprint density at radius 2 is 1.57 bits per heavy atom. The zero-order valence-electron chi connectivity index (χ0n) is 25.2.